The lowest BCUT2D eigenvalue weighted by atomic mass is 10.2. The van der Waals surface area contributed by atoms with E-state index >= 15 is 0 Å². The Morgan fingerprint density at radius 1 is 1.36 bits per heavy atom. The van der Waals surface area contributed by atoms with Gasteiger partial charge in [-0.15, -0.1) is 6.58 Å². The molecule has 0 saturated heterocycles. The molecule has 1 aromatic carbocycles. The van der Waals surface area contributed by atoms with Gasteiger partial charge in [-0.25, -0.2) is 5.48 Å². The standard InChI is InChI=1S/C12H17NO/c1-11(2)8-9-13-14-10-12-6-4-3-5-7-12/h3-7,13H,1,8-10H2,2H3. The minimum atomic E-state index is 0.608. The molecule has 0 amide bonds. The fourth-order valence-corrected chi connectivity index (χ4v) is 1.05. The van der Waals surface area contributed by atoms with Gasteiger partial charge in [0.2, 0.25) is 0 Å². The van der Waals surface area contributed by atoms with Gasteiger partial charge in [-0.05, 0) is 18.9 Å². The minimum absolute atomic E-state index is 0.608. The molecule has 0 fully saturated rings. The van der Waals surface area contributed by atoms with Crippen molar-refractivity contribution in [3.8, 4) is 0 Å². The van der Waals surface area contributed by atoms with Crippen LogP contribution in [0.2, 0.25) is 0 Å². The second-order valence-electron chi connectivity index (χ2n) is 3.38. The summed E-state index contributed by atoms with van der Waals surface area (Å²) in [5.41, 5.74) is 5.25. The molecule has 0 atom stereocenters. The predicted molar refractivity (Wildman–Crippen MR) is 58.7 cm³/mol. The number of nitrogens with one attached hydrogen (secondary N) is 1. The normalized spacial score (nSPS) is 10.1. The van der Waals surface area contributed by atoms with E-state index in [1.165, 1.54) is 11.1 Å². The zero-order valence-corrected chi connectivity index (χ0v) is 8.62. The first-order valence-corrected chi connectivity index (χ1v) is 4.82. The predicted octanol–water partition coefficient (Wildman–Crippen LogP) is 2.67. The molecular formula is C12H17NO. The van der Waals surface area contributed by atoms with Crippen LogP contribution < -0.4 is 5.48 Å². The van der Waals surface area contributed by atoms with E-state index in [0.29, 0.717) is 6.61 Å². The van der Waals surface area contributed by atoms with Crippen LogP contribution in [-0.4, -0.2) is 6.54 Å². The second kappa shape index (κ2) is 6.35. The number of benzene rings is 1. The SMILES string of the molecule is C=C(C)CCNOCc1ccccc1. The summed E-state index contributed by atoms with van der Waals surface area (Å²) in [4.78, 5) is 5.28. The van der Waals surface area contributed by atoms with E-state index in [0.717, 1.165) is 13.0 Å². The highest BCUT2D eigenvalue weighted by Gasteiger charge is 1.91. The Hall–Kier alpha value is -1.12. The smallest absolute Gasteiger partial charge is 0.0933 e. The molecule has 0 heterocycles. The molecule has 1 N–H and O–H groups in total. The van der Waals surface area contributed by atoms with Crippen LogP contribution in [-0.2, 0) is 11.4 Å². The first kappa shape index (κ1) is 11.0. The highest BCUT2D eigenvalue weighted by Crippen LogP contribution is 1.99. The van der Waals surface area contributed by atoms with Crippen molar-refractivity contribution in [3.63, 3.8) is 0 Å². The molecule has 0 bridgehead atoms. The summed E-state index contributed by atoms with van der Waals surface area (Å²) >= 11 is 0. The molecular weight excluding hydrogens is 174 g/mol. The summed E-state index contributed by atoms with van der Waals surface area (Å²) in [7, 11) is 0. The molecule has 1 aromatic rings. The van der Waals surface area contributed by atoms with Crippen LogP contribution in [0.1, 0.15) is 18.9 Å². The van der Waals surface area contributed by atoms with Gasteiger partial charge in [0.1, 0.15) is 0 Å². The Bertz CT molecular complexity index is 269. The first-order chi connectivity index (χ1) is 6.79. The number of hydroxylamine groups is 1. The Labute approximate surface area is 85.5 Å². The lowest BCUT2D eigenvalue weighted by Crippen LogP contribution is -2.15. The van der Waals surface area contributed by atoms with Gasteiger partial charge < -0.3 is 0 Å². The van der Waals surface area contributed by atoms with Crippen molar-refractivity contribution in [1.29, 1.82) is 0 Å². The Kier molecular flexibility index (Phi) is 4.97. The molecule has 0 aliphatic heterocycles. The quantitative estimate of drug-likeness (QED) is 0.424. The maximum absolute atomic E-state index is 5.28. The fourth-order valence-electron chi connectivity index (χ4n) is 1.05. The van der Waals surface area contributed by atoms with Gasteiger partial charge in [-0.2, -0.15) is 0 Å². The molecule has 0 radical (unpaired) electrons. The van der Waals surface area contributed by atoms with Crippen molar-refractivity contribution in [2.45, 2.75) is 20.0 Å². The summed E-state index contributed by atoms with van der Waals surface area (Å²) in [6.07, 6.45) is 0.953. The molecule has 0 aliphatic rings. The van der Waals surface area contributed by atoms with Gasteiger partial charge in [0.05, 0.1) is 6.61 Å². The van der Waals surface area contributed by atoms with Crippen LogP contribution in [0.25, 0.3) is 0 Å². The second-order valence-corrected chi connectivity index (χ2v) is 3.38. The monoisotopic (exact) mass is 191 g/mol. The van der Waals surface area contributed by atoms with Crippen molar-refractivity contribution in [1.82, 2.24) is 5.48 Å². The third-order valence-electron chi connectivity index (χ3n) is 1.84. The van der Waals surface area contributed by atoms with Crippen molar-refractivity contribution >= 4 is 0 Å². The molecule has 0 spiro atoms. The Morgan fingerprint density at radius 2 is 2.07 bits per heavy atom. The summed E-state index contributed by atoms with van der Waals surface area (Å²) in [5.74, 6) is 0. The van der Waals surface area contributed by atoms with E-state index in [1.54, 1.807) is 0 Å². The topological polar surface area (TPSA) is 21.3 Å². The summed E-state index contributed by atoms with van der Waals surface area (Å²) in [6, 6.07) is 10.1. The minimum Gasteiger partial charge on any atom is -0.297 e. The molecule has 1 rings (SSSR count). The van der Waals surface area contributed by atoms with Crippen LogP contribution in [0, 0.1) is 0 Å². The van der Waals surface area contributed by atoms with E-state index in [-0.39, 0.29) is 0 Å². The number of hydrogen-bond acceptors (Lipinski definition) is 2. The third-order valence-corrected chi connectivity index (χ3v) is 1.84. The van der Waals surface area contributed by atoms with Crippen molar-refractivity contribution in [3.05, 3.63) is 48.0 Å². The molecule has 2 nitrogen and oxygen atoms in total. The largest absolute Gasteiger partial charge is 0.297 e. The summed E-state index contributed by atoms with van der Waals surface area (Å²) < 4.78 is 0. The zero-order valence-electron chi connectivity index (χ0n) is 8.62. The van der Waals surface area contributed by atoms with E-state index in [4.69, 9.17) is 4.84 Å². The van der Waals surface area contributed by atoms with Gasteiger partial charge in [0.25, 0.3) is 0 Å². The van der Waals surface area contributed by atoms with Crippen LogP contribution >= 0.6 is 0 Å². The Balaban J connectivity index is 2.08. The van der Waals surface area contributed by atoms with Crippen LogP contribution in [0.5, 0.6) is 0 Å². The molecule has 76 valence electrons. The van der Waals surface area contributed by atoms with Gasteiger partial charge in [0, 0.05) is 6.54 Å². The average Bonchev–Trinajstić information content (AvgIpc) is 2.18. The van der Waals surface area contributed by atoms with Crippen LogP contribution in [0.15, 0.2) is 42.5 Å². The van der Waals surface area contributed by atoms with E-state index in [1.807, 2.05) is 37.3 Å². The molecule has 0 aromatic heterocycles. The van der Waals surface area contributed by atoms with Crippen molar-refractivity contribution in [2.75, 3.05) is 6.54 Å². The van der Waals surface area contributed by atoms with Crippen LogP contribution in [0.3, 0.4) is 0 Å². The molecule has 0 unspecified atom stereocenters. The van der Waals surface area contributed by atoms with Gasteiger partial charge in [-0.3, -0.25) is 4.84 Å². The van der Waals surface area contributed by atoms with Gasteiger partial charge >= 0.3 is 0 Å². The Morgan fingerprint density at radius 3 is 2.71 bits per heavy atom. The maximum atomic E-state index is 5.28. The molecule has 2 heteroatoms. The molecule has 14 heavy (non-hydrogen) atoms. The average molecular weight is 191 g/mol. The van der Waals surface area contributed by atoms with Crippen molar-refractivity contribution in [2.24, 2.45) is 0 Å². The molecule has 0 aliphatic carbocycles. The zero-order chi connectivity index (χ0) is 10.2. The van der Waals surface area contributed by atoms with E-state index < -0.39 is 0 Å². The summed E-state index contributed by atoms with van der Waals surface area (Å²) in [6.45, 7) is 7.26. The fraction of sp³-hybridized carbons (Fsp3) is 0.333. The molecule has 0 saturated carbocycles. The van der Waals surface area contributed by atoms with Gasteiger partial charge in [-0.1, -0.05) is 35.9 Å². The lowest BCUT2D eigenvalue weighted by molar-refractivity contribution is 0.0288. The first-order valence-electron chi connectivity index (χ1n) is 4.82. The number of hydrogen-bond donors (Lipinski definition) is 1. The summed E-state index contributed by atoms with van der Waals surface area (Å²) in [5, 5.41) is 0. The lowest BCUT2D eigenvalue weighted by Gasteiger charge is -2.05. The van der Waals surface area contributed by atoms with Gasteiger partial charge in [0.15, 0.2) is 0 Å². The van der Waals surface area contributed by atoms with Crippen molar-refractivity contribution < 1.29 is 4.84 Å². The van der Waals surface area contributed by atoms with E-state index in [2.05, 4.69) is 12.1 Å². The maximum Gasteiger partial charge on any atom is 0.0933 e. The number of rotatable bonds is 6. The van der Waals surface area contributed by atoms with E-state index in [9.17, 15) is 0 Å². The highest BCUT2D eigenvalue weighted by atomic mass is 16.6. The third kappa shape index (κ3) is 4.80. The van der Waals surface area contributed by atoms with Crippen LogP contribution in [0.4, 0.5) is 0 Å². The highest BCUT2D eigenvalue weighted by molar-refractivity contribution is 5.13.